The van der Waals surface area contributed by atoms with Gasteiger partial charge >= 0.3 is 5.97 Å². The maximum Gasteiger partial charge on any atom is 0.346 e. The molecule has 0 saturated carbocycles. The minimum atomic E-state index is -4.26. The number of hydrogen-bond acceptors (Lipinski definition) is 5. The third-order valence-electron chi connectivity index (χ3n) is 5.00. The van der Waals surface area contributed by atoms with Crippen LogP contribution in [0.25, 0.3) is 0 Å². The van der Waals surface area contributed by atoms with E-state index >= 15 is 0 Å². The highest BCUT2D eigenvalue weighted by molar-refractivity contribution is 7.93. The van der Waals surface area contributed by atoms with Gasteiger partial charge in [0.25, 0.3) is 0 Å². The van der Waals surface area contributed by atoms with Crippen LogP contribution in [0, 0.1) is 5.92 Å². The third-order valence-corrected chi connectivity index (χ3v) is 7.38. The number of carbonyl (C=O) groups is 2. The van der Waals surface area contributed by atoms with Crippen molar-refractivity contribution in [2.75, 3.05) is 19.8 Å². The lowest BCUT2D eigenvalue weighted by molar-refractivity contribution is -0.153. The first-order valence-corrected chi connectivity index (χ1v) is 9.82. The zero-order chi connectivity index (χ0) is 18.1. The van der Waals surface area contributed by atoms with Crippen LogP contribution in [0.2, 0.25) is 0 Å². The lowest BCUT2D eigenvalue weighted by Crippen LogP contribution is -2.59. The van der Waals surface area contributed by atoms with Crippen molar-refractivity contribution < 1.29 is 27.9 Å². The number of rotatable bonds is 4. The predicted octanol–water partition coefficient (Wildman–Crippen LogP) is 1.29. The average Bonchev–Trinajstić information content (AvgIpc) is 3.09. The molecule has 2 heterocycles. The van der Waals surface area contributed by atoms with E-state index < -0.39 is 32.5 Å². The number of carboxylic acid groups (broad SMARTS) is 1. The van der Waals surface area contributed by atoms with Gasteiger partial charge in [-0.25, -0.2) is 13.2 Å². The predicted molar refractivity (Wildman–Crippen MR) is 88.5 cm³/mol. The Balaban J connectivity index is 2.04. The summed E-state index contributed by atoms with van der Waals surface area (Å²) in [6.07, 6.45) is 1.20. The number of nitrogens with zero attached hydrogens (tertiary/aromatic N) is 1. The summed E-state index contributed by atoms with van der Waals surface area (Å²) >= 11 is 0. The molecule has 1 aromatic rings. The van der Waals surface area contributed by atoms with Crippen LogP contribution in [0.1, 0.15) is 25.7 Å². The van der Waals surface area contributed by atoms with Gasteiger partial charge in [0.2, 0.25) is 20.6 Å². The number of amides is 1. The molecule has 0 bridgehead atoms. The van der Waals surface area contributed by atoms with Gasteiger partial charge in [-0.05, 0) is 37.8 Å². The highest BCUT2D eigenvalue weighted by Gasteiger charge is 2.60. The van der Waals surface area contributed by atoms with Gasteiger partial charge in [-0.3, -0.25) is 4.79 Å². The molecule has 25 heavy (non-hydrogen) atoms. The summed E-state index contributed by atoms with van der Waals surface area (Å²) in [5, 5.41) is 9.88. The van der Waals surface area contributed by atoms with E-state index in [0.717, 1.165) is 4.90 Å². The van der Waals surface area contributed by atoms with E-state index in [2.05, 4.69) is 0 Å². The molecule has 0 unspecified atom stereocenters. The smallest absolute Gasteiger partial charge is 0.346 e. The summed E-state index contributed by atoms with van der Waals surface area (Å²) in [7, 11) is -4.26. The van der Waals surface area contributed by atoms with Gasteiger partial charge in [0.1, 0.15) is 0 Å². The van der Waals surface area contributed by atoms with Gasteiger partial charge in [-0.1, -0.05) is 18.2 Å². The van der Waals surface area contributed by atoms with Crippen molar-refractivity contribution in [3.8, 4) is 0 Å². The fourth-order valence-electron chi connectivity index (χ4n) is 3.66. The summed E-state index contributed by atoms with van der Waals surface area (Å²) in [4.78, 5) is 23.8. The first-order valence-electron chi connectivity index (χ1n) is 8.33. The number of carbonyl (C=O) groups excluding carboxylic acids is 1. The van der Waals surface area contributed by atoms with Crippen LogP contribution < -0.4 is 0 Å². The van der Waals surface area contributed by atoms with Crippen LogP contribution in [0.15, 0.2) is 35.2 Å². The molecule has 2 aliphatic rings. The minimum absolute atomic E-state index is 0.0796. The molecule has 0 aliphatic carbocycles. The Kier molecular flexibility index (Phi) is 4.83. The average molecular weight is 367 g/mol. The minimum Gasteiger partial charge on any atom is -0.479 e. The summed E-state index contributed by atoms with van der Waals surface area (Å²) in [5.74, 6) is -2.28. The monoisotopic (exact) mass is 367 g/mol. The Morgan fingerprint density at radius 3 is 2.40 bits per heavy atom. The molecule has 2 aliphatic heterocycles. The Morgan fingerprint density at radius 1 is 1.16 bits per heavy atom. The lowest BCUT2D eigenvalue weighted by atomic mass is 9.98. The molecule has 7 nitrogen and oxygen atoms in total. The van der Waals surface area contributed by atoms with Crippen molar-refractivity contribution in [2.45, 2.75) is 35.4 Å². The van der Waals surface area contributed by atoms with E-state index in [1.165, 1.54) is 12.1 Å². The molecular formula is C17H21NO6S. The fraction of sp³-hybridized carbons (Fsp3) is 0.529. The van der Waals surface area contributed by atoms with Crippen molar-refractivity contribution in [3.05, 3.63) is 30.3 Å². The third kappa shape index (κ3) is 2.83. The van der Waals surface area contributed by atoms with Crippen molar-refractivity contribution in [2.24, 2.45) is 5.92 Å². The molecule has 1 atom stereocenters. The largest absolute Gasteiger partial charge is 0.479 e. The van der Waals surface area contributed by atoms with E-state index in [1.807, 2.05) is 0 Å². The number of hydrogen-bond donors (Lipinski definition) is 1. The first-order chi connectivity index (χ1) is 11.9. The van der Waals surface area contributed by atoms with Crippen LogP contribution >= 0.6 is 0 Å². The zero-order valence-corrected chi connectivity index (χ0v) is 14.6. The van der Waals surface area contributed by atoms with Gasteiger partial charge in [0.15, 0.2) is 0 Å². The molecule has 0 aromatic heterocycles. The van der Waals surface area contributed by atoms with Crippen LogP contribution in [0.4, 0.5) is 0 Å². The summed E-state index contributed by atoms with van der Waals surface area (Å²) in [5.41, 5.74) is 0. The summed E-state index contributed by atoms with van der Waals surface area (Å²) < 4.78 is 31.6. The normalized spacial score (nSPS) is 25.0. The van der Waals surface area contributed by atoms with Crippen molar-refractivity contribution in [3.63, 3.8) is 0 Å². The molecule has 8 heteroatoms. The number of sulfone groups is 1. The van der Waals surface area contributed by atoms with Gasteiger partial charge in [-0.15, -0.1) is 0 Å². The second-order valence-electron chi connectivity index (χ2n) is 6.39. The molecule has 1 aromatic carbocycles. The molecule has 1 amide bonds. The maximum atomic E-state index is 13.2. The van der Waals surface area contributed by atoms with E-state index in [-0.39, 0.29) is 17.9 Å². The van der Waals surface area contributed by atoms with Crippen LogP contribution in [0.5, 0.6) is 0 Å². The van der Waals surface area contributed by atoms with Gasteiger partial charge in [0, 0.05) is 25.7 Å². The Bertz CT molecular complexity index is 757. The maximum absolute atomic E-state index is 13.2. The number of carboxylic acids is 1. The fourth-order valence-corrected chi connectivity index (χ4v) is 5.68. The molecule has 2 saturated heterocycles. The quantitative estimate of drug-likeness (QED) is 0.861. The summed E-state index contributed by atoms with van der Waals surface area (Å²) in [6, 6.07) is 7.49. The number of ether oxygens (including phenoxy) is 1. The standard InChI is InChI=1S/C17H21NO6S/c19-15(13-7-11-24-12-8-13)18-10-4-9-17(18,16(20)21)25(22,23)14-5-2-1-3-6-14/h1-3,5-6,13H,4,7-12H2,(H,20,21)/t17-/m0/s1. The number of aliphatic carboxylic acids is 1. The number of likely N-dealkylation sites (tertiary alicyclic amines) is 1. The molecule has 136 valence electrons. The lowest BCUT2D eigenvalue weighted by Gasteiger charge is -2.36. The highest BCUT2D eigenvalue weighted by atomic mass is 32.2. The molecule has 2 fully saturated rings. The van der Waals surface area contributed by atoms with E-state index in [4.69, 9.17) is 4.74 Å². The zero-order valence-electron chi connectivity index (χ0n) is 13.8. The van der Waals surface area contributed by atoms with E-state index in [9.17, 15) is 23.1 Å². The topological polar surface area (TPSA) is 101 Å². The van der Waals surface area contributed by atoms with Crippen LogP contribution in [0.3, 0.4) is 0 Å². The second kappa shape index (κ2) is 6.76. The van der Waals surface area contributed by atoms with Gasteiger partial charge in [0.05, 0.1) is 4.90 Å². The van der Waals surface area contributed by atoms with Crippen molar-refractivity contribution in [1.29, 1.82) is 0 Å². The van der Waals surface area contributed by atoms with Gasteiger partial charge < -0.3 is 14.7 Å². The van der Waals surface area contributed by atoms with E-state index in [0.29, 0.717) is 32.5 Å². The second-order valence-corrected chi connectivity index (χ2v) is 8.54. The molecule has 0 radical (unpaired) electrons. The number of benzene rings is 1. The van der Waals surface area contributed by atoms with E-state index in [1.54, 1.807) is 18.2 Å². The Hall–Kier alpha value is -1.93. The molecule has 1 N–H and O–H groups in total. The molecule has 0 spiro atoms. The highest BCUT2D eigenvalue weighted by Crippen LogP contribution is 2.40. The SMILES string of the molecule is O=C(C1CCOCC1)N1CCC[C@@]1(C(=O)O)S(=O)(=O)c1ccccc1. The first kappa shape index (κ1) is 17.9. The van der Waals surface area contributed by atoms with Crippen molar-refractivity contribution in [1.82, 2.24) is 4.90 Å². The van der Waals surface area contributed by atoms with Gasteiger partial charge in [-0.2, -0.15) is 0 Å². The summed E-state index contributed by atoms with van der Waals surface area (Å²) in [6.45, 7) is 0.986. The van der Waals surface area contributed by atoms with Crippen molar-refractivity contribution >= 4 is 21.7 Å². The van der Waals surface area contributed by atoms with Crippen LogP contribution in [-0.4, -0.2) is 54.9 Å². The molecule has 3 rings (SSSR count). The Morgan fingerprint density at radius 2 is 1.80 bits per heavy atom. The van der Waals surface area contributed by atoms with Crippen LogP contribution in [-0.2, 0) is 24.2 Å². The molecular weight excluding hydrogens is 346 g/mol. The Labute approximate surface area is 146 Å².